The maximum atomic E-state index is 12.3. The molecule has 3 aromatic carbocycles. The first-order valence-electron chi connectivity index (χ1n) is 8.31. The Labute approximate surface area is 178 Å². The number of anilines is 1. The van der Waals surface area contributed by atoms with Gasteiger partial charge in [-0.25, -0.2) is 13.8 Å². The van der Waals surface area contributed by atoms with Crippen molar-refractivity contribution >= 4 is 51.0 Å². The number of carbonyl (C=O) groups is 1. The molecule has 9 heteroatoms. The van der Waals surface area contributed by atoms with Gasteiger partial charge >= 0.3 is 0 Å². The van der Waals surface area contributed by atoms with Crippen molar-refractivity contribution < 1.29 is 13.2 Å². The second-order valence-electron chi connectivity index (χ2n) is 5.86. The van der Waals surface area contributed by atoms with Gasteiger partial charge in [0.25, 0.3) is 15.9 Å². The standard InChI is InChI=1S/C20H15Cl2N3O3S/c21-16-9-6-15(19(22)12-16)13-23-24-20(26)14-7-10-17(11-8-14)25-29(27,28)18-4-2-1-3-5-18/h1-13,25H,(H,24,26)/b23-13+. The molecule has 0 bridgehead atoms. The van der Waals surface area contributed by atoms with Crippen LogP contribution in [0.25, 0.3) is 0 Å². The Bertz CT molecular complexity index is 1150. The minimum absolute atomic E-state index is 0.150. The lowest BCUT2D eigenvalue weighted by atomic mass is 10.2. The first-order valence-corrected chi connectivity index (χ1v) is 10.6. The average Bonchev–Trinajstić information content (AvgIpc) is 2.70. The quantitative estimate of drug-likeness (QED) is 0.428. The van der Waals surface area contributed by atoms with Crippen LogP contribution in [-0.4, -0.2) is 20.5 Å². The highest BCUT2D eigenvalue weighted by Crippen LogP contribution is 2.19. The third-order valence-corrected chi connectivity index (χ3v) is 5.74. The van der Waals surface area contributed by atoms with Gasteiger partial charge in [-0.1, -0.05) is 47.5 Å². The fraction of sp³-hybridized carbons (Fsp3) is 0. The average molecular weight is 448 g/mol. The third kappa shape index (κ3) is 5.57. The molecule has 3 aromatic rings. The zero-order chi connectivity index (χ0) is 20.9. The summed E-state index contributed by atoms with van der Waals surface area (Å²) in [6.07, 6.45) is 1.40. The van der Waals surface area contributed by atoms with Gasteiger partial charge in [-0.2, -0.15) is 5.10 Å². The molecule has 0 fully saturated rings. The molecule has 0 aromatic heterocycles. The molecule has 0 saturated heterocycles. The number of hydrogen-bond donors (Lipinski definition) is 2. The molecule has 0 heterocycles. The minimum atomic E-state index is -3.69. The van der Waals surface area contributed by atoms with E-state index in [-0.39, 0.29) is 4.90 Å². The van der Waals surface area contributed by atoms with Crippen LogP contribution in [0, 0.1) is 0 Å². The Morgan fingerprint density at radius 1 is 0.931 bits per heavy atom. The van der Waals surface area contributed by atoms with Crippen LogP contribution in [0.15, 0.2) is 82.8 Å². The smallest absolute Gasteiger partial charge is 0.271 e. The van der Waals surface area contributed by atoms with Gasteiger partial charge in [-0.05, 0) is 48.5 Å². The lowest BCUT2D eigenvalue weighted by Gasteiger charge is -2.08. The summed E-state index contributed by atoms with van der Waals surface area (Å²) < 4.78 is 27.1. The topological polar surface area (TPSA) is 87.6 Å². The lowest BCUT2D eigenvalue weighted by molar-refractivity contribution is 0.0955. The van der Waals surface area contributed by atoms with Crippen LogP contribution in [-0.2, 0) is 10.0 Å². The molecule has 0 saturated carbocycles. The Balaban J connectivity index is 1.63. The third-order valence-electron chi connectivity index (χ3n) is 3.79. The first-order chi connectivity index (χ1) is 13.8. The van der Waals surface area contributed by atoms with Crippen molar-refractivity contribution in [3.63, 3.8) is 0 Å². The Morgan fingerprint density at radius 2 is 1.62 bits per heavy atom. The fourth-order valence-corrected chi connectivity index (χ4v) is 3.87. The summed E-state index contributed by atoms with van der Waals surface area (Å²) in [5.41, 5.74) is 3.63. The molecule has 6 nitrogen and oxygen atoms in total. The van der Waals surface area contributed by atoms with Gasteiger partial charge in [0.1, 0.15) is 0 Å². The summed E-state index contributed by atoms with van der Waals surface area (Å²) in [6, 6.07) is 18.9. The largest absolute Gasteiger partial charge is 0.280 e. The van der Waals surface area contributed by atoms with Gasteiger partial charge in [-0.15, -0.1) is 0 Å². The predicted octanol–water partition coefficient (Wildman–Crippen LogP) is 4.56. The summed E-state index contributed by atoms with van der Waals surface area (Å²) in [7, 11) is -3.69. The monoisotopic (exact) mass is 447 g/mol. The molecule has 0 spiro atoms. The SMILES string of the molecule is O=C(N/N=C/c1ccc(Cl)cc1Cl)c1ccc(NS(=O)(=O)c2ccccc2)cc1. The van der Waals surface area contributed by atoms with Crippen LogP contribution in [0.2, 0.25) is 10.0 Å². The second-order valence-corrected chi connectivity index (χ2v) is 8.39. The van der Waals surface area contributed by atoms with Gasteiger partial charge in [-0.3, -0.25) is 9.52 Å². The maximum absolute atomic E-state index is 12.3. The van der Waals surface area contributed by atoms with Crippen LogP contribution < -0.4 is 10.1 Å². The Hall–Kier alpha value is -2.87. The van der Waals surface area contributed by atoms with Crippen LogP contribution in [0.1, 0.15) is 15.9 Å². The highest BCUT2D eigenvalue weighted by atomic mass is 35.5. The predicted molar refractivity (Wildman–Crippen MR) is 115 cm³/mol. The van der Waals surface area contributed by atoms with E-state index in [1.807, 2.05) is 0 Å². The molecule has 29 heavy (non-hydrogen) atoms. The van der Waals surface area contributed by atoms with Gasteiger partial charge in [0.15, 0.2) is 0 Å². The fourth-order valence-electron chi connectivity index (χ4n) is 2.33. The molecule has 148 valence electrons. The summed E-state index contributed by atoms with van der Waals surface area (Å²) in [4.78, 5) is 12.3. The van der Waals surface area contributed by atoms with Crippen molar-refractivity contribution in [3.05, 3.63) is 94.0 Å². The summed E-state index contributed by atoms with van der Waals surface area (Å²) in [5, 5.41) is 4.77. The summed E-state index contributed by atoms with van der Waals surface area (Å²) in [5.74, 6) is -0.455. The van der Waals surface area contributed by atoms with Gasteiger partial charge in [0, 0.05) is 21.8 Å². The summed E-state index contributed by atoms with van der Waals surface area (Å²) in [6.45, 7) is 0. The molecule has 0 aliphatic heterocycles. The number of nitrogens with one attached hydrogen (secondary N) is 2. The molecule has 0 radical (unpaired) electrons. The molecule has 0 atom stereocenters. The normalized spacial score (nSPS) is 11.4. The number of halogens is 2. The van der Waals surface area contributed by atoms with Crippen LogP contribution in [0.5, 0.6) is 0 Å². The summed E-state index contributed by atoms with van der Waals surface area (Å²) >= 11 is 11.9. The maximum Gasteiger partial charge on any atom is 0.271 e. The molecule has 2 N–H and O–H groups in total. The number of carbonyl (C=O) groups excluding carboxylic acids is 1. The zero-order valence-electron chi connectivity index (χ0n) is 14.8. The van der Waals surface area contributed by atoms with E-state index in [4.69, 9.17) is 23.2 Å². The minimum Gasteiger partial charge on any atom is -0.280 e. The Morgan fingerprint density at radius 3 is 2.28 bits per heavy atom. The molecular weight excluding hydrogens is 433 g/mol. The molecule has 3 rings (SSSR count). The Kier molecular flexibility index (Phi) is 6.53. The van der Waals surface area contributed by atoms with E-state index >= 15 is 0 Å². The van der Waals surface area contributed by atoms with Gasteiger partial charge < -0.3 is 0 Å². The van der Waals surface area contributed by atoms with Gasteiger partial charge in [0.2, 0.25) is 0 Å². The van der Waals surface area contributed by atoms with Crippen molar-refractivity contribution in [1.82, 2.24) is 5.43 Å². The van der Waals surface area contributed by atoms with Crippen molar-refractivity contribution in [3.8, 4) is 0 Å². The van der Waals surface area contributed by atoms with Crippen LogP contribution in [0.3, 0.4) is 0 Å². The van der Waals surface area contributed by atoms with Crippen molar-refractivity contribution in [2.24, 2.45) is 5.10 Å². The molecular formula is C20H15Cl2N3O3S. The highest BCUT2D eigenvalue weighted by molar-refractivity contribution is 7.92. The number of sulfonamides is 1. The van der Waals surface area contributed by atoms with E-state index < -0.39 is 15.9 Å². The van der Waals surface area contributed by atoms with E-state index in [0.717, 1.165) is 0 Å². The molecule has 1 amide bonds. The van der Waals surface area contributed by atoms with E-state index in [0.29, 0.717) is 26.9 Å². The molecule has 0 unspecified atom stereocenters. The second kappa shape index (κ2) is 9.09. The lowest BCUT2D eigenvalue weighted by Crippen LogP contribution is -2.18. The molecule has 0 aliphatic carbocycles. The van der Waals surface area contributed by atoms with Crippen molar-refractivity contribution in [1.29, 1.82) is 0 Å². The number of hydrazone groups is 1. The first kappa shape index (κ1) is 20.9. The number of hydrogen-bond acceptors (Lipinski definition) is 4. The van der Waals surface area contributed by atoms with Crippen molar-refractivity contribution in [2.45, 2.75) is 4.90 Å². The zero-order valence-corrected chi connectivity index (χ0v) is 17.2. The van der Waals surface area contributed by atoms with Crippen LogP contribution >= 0.6 is 23.2 Å². The van der Waals surface area contributed by atoms with E-state index in [2.05, 4.69) is 15.2 Å². The number of amides is 1. The van der Waals surface area contributed by atoms with E-state index in [1.54, 1.807) is 36.4 Å². The highest BCUT2D eigenvalue weighted by Gasteiger charge is 2.13. The van der Waals surface area contributed by atoms with Gasteiger partial charge in [0.05, 0.1) is 16.1 Å². The van der Waals surface area contributed by atoms with E-state index in [9.17, 15) is 13.2 Å². The number of rotatable bonds is 6. The number of benzene rings is 3. The van der Waals surface area contributed by atoms with Crippen molar-refractivity contribution in [2.75, 3.05) is 4.72 Å². The number of nitrogens with zero attached hydrogens (tertiary/aromatic N) is 1. The van der Waals surface area contributed by atoms with Crippen LogP contribution in [0.4, 0.5) is 5.69 Å². The van der Waals surface area contributed by atoms with E-state index in [1.165, 1.54) is 42.6 Å². The molecule has 0 aliphatic rings.